The molecule has 29 heavy (non-hydrogen) atoms. The summed E-state index contributed by atoms with van der Waals surface area (Å²) in [5, 5.41) is 0. The monoisotopic (exact) mass is 414 g/mol. The number of ether oxygens (including phenoxy) is 1. The van der Waals surface area contributed by atoms with E-state index in [1.807, 2.05) is 0 Å². The number of carbonyl (C=O) groups is 1. The van der Waals surface area contributed by atoms with E-state index in [9.17, 15) is 18.0 Å². The summed E-state index contributed by atoms with van der Waals surface area (Å²) in [5.41, 5.74) is 0. The molecule has 0 fully saturated rings. The van der Waals surface area contributed by atoms with Crippen LogP contribution >= 0.6 is 0 Å². The average Bonchev–Trinajstić information content (AvgIpc) is 2.67. The topological polar surface area (TPSA) is 26.3 Å². The van der Waals surface area contributed by atoms with Crippen molar-refractivity contribution in [3.63, 3.8) is 0 Å². The van der Waals surface area contributed by atoms with Crippen molar-refractivity contribution >= 4 is 5.97 Å². The van der Waals surface area contributed by atoms with Gasteiger partial charge in [0.2, 0.25) is 0 Å². The molecule has 0 heterocycles. The average molecular weight is 415 g/mol. The molecule has 0 saturated heterocycles. The molecular formula is C24H37F3O2. The lowest BCUT2D eigenvalue weighted by Gasteiger charge is -2.07. The molecule has 0 rings (SSSR count). The SMILES string of the molecule is CCCCCCCCCC#CC#CCCCCCCCCC(=O)OCC(F)(F)F. The molecule has 0 aliphatic heterocycles. The molecule has 0 atom stereocenters. The molecule has 0 spiro atoms. The van der Waals surface area contributed by atoms with Crippen LogP contribution in [-0.4, -0.2) is 18.8 Å². The highest BCUT2D eigenvalue weighted by Gasteiger charge is 2.29. The first-order valence-corrected chi connectivity index (χ1v) is 11.1. The van der Waals surface area contributed by atoms with Crippen molar-refractivity contribution in [1.82, 2.24) is 0 Å². The second kappa shape index (κ2) is 19.7. The first-order chi connectivity index (χ1) is 14.0. The third-order valence-corrected chi connectivity index (χ3v) is 4.47. The summed E-state index contributed by atoms with van der Waals surface area (Å²) in [5.74, 6) is 11.2. The van der Waals surface area contributed by atoms with Crippen molar-refractivity contribution in [2.75, 3.05) is 6.61 Å². The molecule has 0 aromatic heterocycles. The van der Waals surface area contributed by atoms with E-state index < -0.39 is 18.8 Å². The number of alkyl halides is 3. The van der Waals surface area contributed by atoms with E-state index in [0.717, 1.165) is 44.9 Å². The summed E-state index contributed by atoms with van der Waals surface area (Å²) >= 11 is 0. The molecule has 0 N–H and O–H groups in total. The lowest BCUT2D eigenvalue weighted by molar-refractivity contribution is -0.186. The minimum Gasteiger partial charge on any atom is -0.456 e. The highest BCUT2D eigenvalue weighted by atomic mass is 19.4. The van der Waals surface area contributed by atoms with E-state index >= 15 is 0 Å². The number of hydrogen-bond acceptors (Lipinski definition) is 2. The molecule has 0 aliphatic rings. The van der Waals surface area contributed by atoms with Crippen molar-refractivity contribution in [1.29, 1.82) is 0 Å². The summed E-state index contributed by atoms with van der Waals surface area (Å²) in [7, 11) is 0. The Morgan fingerprint density at radius 3 is 1.66 bits per heavy atom. The van der Waals surface area contributed by atoms with E-state index in [1.54, 1.807) is 0 Å². The zero-order chi connectivity index (χ0) is 21.6. The second-order valence-corrected chi connectivity index (χ2v) is 7.37. The van der Waals surface area contributed by atoms with Gasteiger partial charge < -0.3 is 4.74 Å². The predicted molar refractivity (Wildman–Crippen MR) is 112 cm³/mol. The van der Waals surface area contributed by atoms with Crippen LogP contribution in [0.1, 0.15) is 110 Å². The zero-order valence-electron chi connectivity index (χ0n) is 18.0. The number of rotatable bonds is 16. The van der Waals surface area contributed by atoms with Gasteiger partial charge >= 0.3 is 12.1 Å². The van der Waals surface area contributed by atoms with Gasteiger partial charge in [0.1, 0.15) is 0 Å². The minimum absolute atomic E-state index is 0.0546. The standard InChI is InChI=1S/C24H37F3O2/c1-2-3-4-5-6-7-8-9-10-11-12-13-14-15-16-17-18-19-20-21-23(28)29-22-24(25,26)27/h2-9,14-22H2,1H3. The largest absolute Gasteiger partial charge is 0.456 e. The van der Waals surface area contributed by atoms with Crippen molar-refractivity contribution in [3.05, 3.63) is 0 Å². The van der Waals surface area contributed by atoms with Gasteiger partial charge in [-0.3, -0.25) is 4.79 Å². The molecule has 2 nitrogen and oxygen atoms in total. The molecule has 166 valence electrons. The zero-order valence-corrected chi connectivity index (χ0v) is 18.0. The summed E-state index contributed by atoms with van der Waals surface area (Å²) in [6.45, 7) is 0.742. The molecule has 0 amide bonds. The van der Waals surface area contributed by atoms with Crippen LogP contribution in [0.15, 0.2) is 0 Å². The van der Waals surface area contributed by atoms with Crippen LogP contribution in [0.4, 0.5) is 13.2 Å². The Kier molecular flexibility index (Phi) is 18.6. The minimum atomic E-state index is -4.45. The van der Waals surface area contributed by atoms with Gasteiger partial charge in [-0.15, -0.1) is 0 Å². The van der Waals surface area contributed by atoms with E-state index in [1.165, 1.54) is 44.9 Å². The lowest BCUT2D eigenvalue weighted by atomic mass is 10.1. The van der Waals surface area contributed by atoms with Crippen molar-refractivity contribution in [3.8, 4) is 23.7 Å². The summed E-state index contributed by atoms with van der Waals surface area (Å²) < 4.78 is 39.8. The van der Waals surface area contributed by atoms with E-state index in [2.05, 4.69) is 35.3 Å². The first kappa shape index (κ1) is 27.4. The first-order valence-electron chi connectivity index (χ1n) is 11.1. The van der Waals surface area contributed by atoms with Crippen LogP contribution in [0.3, 0.4) is 0 Å². The molecule has 0 bridgehead atoms. The van der Waals surface area contributed by atoms with E-state index in [-0.39, 0.29) is 6.42 Å². The predicted octanol–water partition coefficient (Wildman–Crippen LogP) is 7.36. The van der Waals surface area contributed by atoms with Crippen LogP contribution in [0.2, 0.25) is 0 Å². The highest BCUT2D eigenvalue weighted by molar-refractivity contribution is 5.69. The molecule has 5 heteroatoms. The number of hydrogen-bond donors (Lipinski definition) is 0. The molecule has 0 aromatic rings. The molecule has 0 aliphatic carbocycles. The van der Waals surface area contributed by atoms with Gasteiger partial charge in [0, 0.05) is 19.3 Å². The van der Waals surface area contributed by atoms with Gasteiger partial charge in [-0.1, -0.05) is 83.0 Å². The van der Waals surface area contributed by atoms with Crippen LogP contribution in [0.5, 0.6) is 0 Å². The number of carbonyl (C=O) groups excluding carboxylic acids is 1. The summed E-state index contributed by atoms with van der Waals surface area (Å²) in [4.78, 5) is 11.1. The van der Waals surface area contributed by atoms with Crippen LogP contribution in [-0.2, 0) is 9.53 Å². The van der Waals surface area contributed by atoms with Gasteiger partial charge in [0.15, 0.2) is 6.61 Å². The fourth-order valence-corrected chi connectivity index (χ4v) is 2.81. The van der Waals surface area contributed by atoms with Gasteiger partial charge in [-0.05, 0) is 31.1 Å². The third-order valence-electron chi connectivity index (χ3n) is 4.47. The summed E-state index contributed by atoms with van der Waals surface area (Å²) in [6, 6.07) is 0. The fourth-order valence-electron chi connectivity index (χ4n) is 2.81. The molecular weight excluding hydrogens is 377 g/mol. The van der Waals surface area contributed by atoms with Crippen molar-refractivity contribution in [2.24, 2.45) is 0 Å². The highest BCUT2D eigenvalue weighted by Crippen LogP contribution is 2.15. The number of halogens is 3. The van der Waals surface area contributed by atoms with Crippen molar-refractivity contribution in [2.45, 2.75) is 116 Å². The van der Waals surface area contributed by atoms with Gasteiger partial charge in [-0.25, -0.2) is 0 Å². The van der Waals surface area contributed by atoms with Gasteiger partial charge in [0.05, 0.1) is 0 Å². The van der Waals surface area contributed by atoms with E-state index in [4.69, 9.17) is 0 Å². The van der Waals surface area contributed by atoms with Crippen LogP contribution in [0.25, 0.3) is 0 Å². The quantitative estimate of drug-likeness (QED) is 0.150. The maximum absolute atomic E-state index is 11.9. The van der Waals surface area contributed by atoms with Crippen molar-refractivity contribution < 1.29 is 22.7 Å². The Hall–Kier alpha value is -1.62. The lowest BCUT2D eigenvalue weighted by Crippen LogP contribution is -2.20. The maximum atomic E-state index is 11.9. The molecule has 0 saturated carbocycles. The third kappa shape index (κ3) is 24.3. The maximum Gasteiger partial charge on any atom is 0.422 e. The number of unbranched alkanes of at least 4 members (excludes halogenated alkanes) is 13. The Bertz CT molecular complexity index is 518. The second-order valence-electron chi connectivity index (χ2n) is 7.37. The van der Waals surface area contributed by atoms with E-state index in [0.29, 0.717) is 6.42 Å². The normalized spacial score (nSPS) is 10.6. The number of esters is 1. The van der Waals surface area contributed by atoms with Gasteiger partial charge in [0.25, 0.3) is 0 Å². The van der Waals surface area contributed by atoms with Crippen LogP contribution in [0, 0.1) is 23.7 Å². The van der Waals surface area contributed by atoms with Gasteiger partial charge in [-0.2, -0.15) is 13.2 Å². The Morgan fingerprint density at radius 2 is 1.17 bits per heavy atom. The smallest absolute Gasteiger partial charge is 0.422 e. The molecule has 0 aromatic carbocycles. The Labute approximate surface area is 175 Å². The molecule has 0 unspecified atom stereocenters. The molecule has 0 radical (unpaired) electrons. The Balaban J connectivity index is 3.37. The Morgan fingerprint density at radius 1 is 0.724 bits per heavy atom. The fraction of sp³-hybridized carbons (Fsp3) is 0.792. The van der Waals surface area contributed by atoms with Crippen LogP contribution < -0.4 is 0 Å². The summed E-state index contributed by atoms with van der Waals surface area (Å²) in [6.07, 6.45) is 12.0.